The highest BCUT2D eigenvalue weighted by molar-refractivity contribution is 6.30. The van der Waals surface area contributed by atoms with Crippen LogP contribution in [0, 0.1) is 5.92 Å². The molecule has 20 heavy (non-hydrogen) atoms. The van der Waals surface area contributed by atoms with Crippen molar-refractivity contribution in [2.45, 2.75) is 25.4 Å². The van der Waals surface area contributed by atoms with Crippen molar-refractivity contribution in [2.75, 3.05) is 20.1 Å². The predicted molar refractivity (Wildman–Crippen MR) is 78.3 cm³/mol. The molecule has 2 atom stereocenters. The minimum absolute atomic E-state index is 0.0329. The van der Waals surface area contributed by atoms with Gasteiger partial charge < -0.3 is 14.7 Å². The summed E-state index contributed by atoms with van der Waals surface area (Å²) >= 11 is 5.83. The van der Waals surface area contributed by atoms with Gasteiger partial charge in [-0.3, -0.25) is 0 Å². The molecule has 1 aliphatic heterocycles. The lowest BCUT2D eigenvalue weighted by Gasteiger charge is -2.39. The molecule has 1 aromatic carbocycles. The fraction of sp³-hybridized carbons (Fsp3) is 0.533. The number of aliphatic carboxylic acids is 1. The van der Waals surface area contributed by atoms with E-state index in [1.807, 2.05) is 7.05 Å². The van der Waals surface area contributed by atoms with Gasteiger partial charge in [-0.25, -0.2) is 4.79 Å². The van der Waals surface area contributed by atoms with Gasteiger partial charge in [-0.05, 0) is 57.6 Å². The summed E-state index contributed by atoms with van der Waals surface area (Å²) in [6.45, 7) is 3.40. The number of likely N-dealkylation sites (tertiary alicyclic amines) is 1. The number of carboxylic acid groups (broad SMARTS) is 1. The van der Waals surface area contributed by atoms with Crippen LogP contribution in [0.15, 0.2) is 24.3 Å². The Balaban J connectivity index is 2.20. The second kappa shape index (κ2) is 6.02. The average Bonchev–Trinajstić information content (AvgIpc) is 2.41. The van der Waals surface area contributed by atoms with Gasteiger partial charge in [0.05, 0.1) is 0 Å². The molecule has 0 amide bonds. The first-order chi connectivity index (χ1) is 9.41. The number of hydrogen-bond donors (Lipinski definition) is 1. The van der Waals surface area contributed by atoms with Gasteiger partial charge in [-0.2, -0.15) is 0 Å². The third-order valence-electron chi connectivity index (χ3n) is 3.97. The van der Waals surface area contributed by atoms with Gasteiger partial charge in [0.25, 0.3) is 0 Å². The molecule has 0 aromatic heterocycles. The third-order valence-corrected chi connectivity index (χ3v) is 4.22. The lowest BCUT2D eigenvalue weighted by molar-refractivity contribution is -0.160. The number of halogens is 1. The number of carbonyl (C=O) groups is 1. The van der Waals surface area contributed by atoms with E-state index in [1.54, 1.807) is 31.2 Å². The largest absolute Gasteiger partial charge is 0.478 e. The molecule has 0 spiro atoms. The van der Waals surface area contributed by atoms with Gasteiger partial charge >= 0.3 is 5.97 Å². The quantitative estimate of drug-likeness (QED) is 0.928. The molecule has 1 heterocycles. The number of carboxylic acids is 1. The summed E-state index contributed by atoms with van der Waals surface area (Å²) in [6.07, 6.45) is 1.86. The zero-order valence-corrected chi connectivity index (χ0v) is 12.6. The summed E-state index contributed by atoms with van der Waals surface area (Å²) in [5.74, 6) is -0.422. The van der Waals surface area contributed by atoms with Crippen molar-refractivity contribution in [1.82, 2.24) is 4.90 Å². The molecule has 1 aliphatic rings. The third kappa shape index (κ3) is 3.25. The molecule has 0 saturated carbocycles. The van der Waals surface area contributed by atoms with Crippen LogP contribution in [-0.2, 0) is 4.79 Å². The average molecular weight is 298 g/mol. The smallest absolute Gasteiger partial charge is 0.348 e. The SMILES string of the molecule is CN1CCC[C@H]([C@](C)(Oc2ccc(Cl)cc2)C(=O)O)C1. The van der Waals surface area contributed by atoms with Crippen LogP contribution >= 0.6 is 11.6 Å². The Morgan fingerprint density at radius 3 is 2.65 bits per heavy atom. The number of piperidine rings is 1. The summed E-state index contributed by atoms with van der Waals surface area (Å²) in [5, 5.41) is 10.2. The minimum atomic E-state index is -1.22. The van der Waals surface area contributed by atoms with Gasteiger partial charge in [0.1, 0.15) is 5.75 Å². The molecule has 1 N–H and O–H groups in total. The van der Waals surface area contributed by atoms with Crippen molar-refractivity contribution in [3.63, 3.8) is 0 Å². The summed E-state index contributed by atoms with van der Waals surface area (Å²) < 4.78 is 5.82. The van der Waals surface area contributed by atoms with Crippen molar-refractivity contribution < 1.29 is 14.6 Å². The van der Waals surface area contributed by atoms with Crippen molar-refractivity contribution in [1.29, 1.82) is 0 Å². The Bertz CT molecular complexity index is 477. The van der Waals surface area contributed by atoms with E-state index in [9.17, 15) is 9.90 Å². The predicted octanol–water partition coefficient (Wildman–Crippen LogP) is 2.90. The Labute approximate surface area is 124 Å². The molecule has 2 rings (SSSR count). The van der Waals surface area contributed by atoms with Crippen LogP contribution in [0.25, 0.3) is 0 Å². The van der Waals surface area contributed by atoms with Crippen molar-refractivity contribution in [3.8, 4) is 5.75 Å². The fourth-order valence-corrected chi connectivity index (χ4v) is 2.79. The first kappa shape index (κ1) is 15.1. The van der Waals surface area contributed by atoms with Crippen LogP contribution in [0.1, 0.15) is 19.8 Å². The van der Waals surface area contributed by atoms with Crippen molar-refractivity contribution in [3.05, 3.63) is 29.3 Å². The van der Waals surface area contributed by atoms with Gasteiger partial charge in [0.15, 0.2) is 0 Å². The van der Waals surface area contributed by atoms with E-state index >= 15 is 0 Å². The zero-order chi connectivity index (χ0) is 14.8. The molecule has 1 aromatic rings. The molecule has 1 fully saturated rings. The number of nitrogens with zero attached hydrogens (tertiary/aromatic N) is 1. The maximum absolute atomic E-state index is 11.7. The Morgan fingerprint density at radius 2 is 2.10 bits per heavy atom. The van der Waals surface area contributed by atoms with Gasteiger partial charge in [0.2, 0.25) is 5.60 Å². The first-order valence-electron chi connectivity index (χ1n) is 6.78. The second-order valence-electron chi connectivity index (χ2n) is 5.57. The van der Waals surface area contributed by atoms with Crippen LogP contribution in [0.4, 0.5) is 0 Å². The molecular formula is C15H20ClNO3. The van der Waals surface area contributed by atoms with E-state index in [4.69, 9.17) is 16.3 Å². The molecule has 0 bridgehead atoms. The molecule has 0 unspecified atom stereocenters. The lowest BCUT2D eigenvalue weighted by Crippen LogP contribution is -2.53. The van der Waals surface area contributed by atoms with Crippen LogP contribution in [0.5, 0.6) is 5.75 Å². The molecule has 0 aliphatic carbocycles. The highest BCUT2D eigenvalue weighted by Crippen LogP contribution is 2.32. The van der Waals surface area contributed by atoms with E-state index in [1.165, 1.54) is 0 Å². The van der Waals surface area contributed by atoms with Crippen molar-refractivity contribution in [2.24, 2.45) is 5.92 Å². The lowest BCUT2D eigenvalue weighted by atomic mass is 9.82. The van der Waals surface area contributed by atoms with Crippen LogP contribution < -0.4 is 4.74 Å². The molecule has 110 valence electrons. The first-order valence-corrected chi connectivity index (χ1v) is 7.16. The Hall–Kier alpha value is -1.26. The fourth-order valence-electron chi connectivity index (χ4n) is 2.67. The van der Waals surface area contributed by atoms with Crippen LogP contribution in [0.3, 0.4) is 0 Å². The summed E-state index contributed by atoms with van der Waals surface area (Å²) in [7, 11) is 2.01. The number of benzene rings is 1. The molecular weight excluding hydrogens is 278 g/mol. The van der Waals surface area contributed by atoms with Gasteiger partial charge in [0, 0.05) is 17.5 Å². The zero-order valence-electron chi connectivity index (χ0n) is 11.8. The summed E-state index contributed by atoms with van der Waals surface area (Å²) in [5.41, 5.74) is -1.22. The highest BCUT2D eigenvalue weighted by atomic mass is 35.5. The molecule has 5 heteroatoms. The summed E-state index contributed by atoms with van der Waals surface area (Å²) in [6, 6.07) is 6.81. The number of rotatable bonds is 4. The van der Waals surface area contributed by atoms with E-state index in [-0.39, 0.29) is 5.92 Å². The normalized spacial score (nSPS) is 23.1. The topological polar surface area (TPSA) is 49.8 Å². The minimum Gasteiger partial charge on any atom is -0.478 e. The summed E-state index contributed by atoms with van der Waals surface area (Å²) in [4.78, 5) is 13.9. The molecule has 1 saturated heterocycles. The Morgan fingerprint density at radius 1 is 1.45 bits per heavy atom. The van der Waals surface area contributed by atoms with Crippen molar-refractivity contribution >= 4 is 17.6 Å². The van der Waals surface area contributed by atoms with E-state index in [0.717, 1.165) is 25.9 Å². The number of hydrogen-bond acceptors (Lipinski definition) is 3. The van der Waals surface area contributed by atoms with Crippen LogP contribution in [-0.4, -0.2) is 41.7 Å². The monoisotopic (exact) mass is 297 g/mol. The molecule has 0 radical (unpaired) electrons. The maximum atomic E-state index is 11.7. The maximum Gasteiger partial charge on any atom is 0.348 e. The standard InChI is InChI=1S/C15H20ClNO3/c1-15(14(18)19,11-4-3-9-17(2)10-11)20-13-7-5-12(16)6-8-13/h5-8,11H,3-4,9-10H2,1-2H3,(H,18,19)/t11-,15-/m0/s1. The van der Waals surface area contributed by atoms with E-state index in [0.29, 0.717) is 10.8 Å². The number of ether oxygens (including phenoxy) is 1. The highest BCUT2D eigenvalue weighted by Gasteiger charge is 2.45. The Kier molecular flexibility index (Phi) is 4.55. The van der Waals surface area contributed by atoms with E-state index in [2.05, 4.69) is 4.90 Å². The van der Waals surface area contributed by atoms with Gasteiger partial charge in [-0.1, -0.05) is 11.6 Å². The van der Waals surface area contributed by atoms with Gasteiger partial charge in [-0.15, -0.1) is 0 Å². The van der Waals surface area contributed by atoms with E-state index < -0.39 is 11.6 Å². The second-order valence-corrected chi connectivity index (χ2v) is 6.01. The molecule has 4 nitrogen and oxygen atoms in total. The van der Waals surface area contributed by atoms with Crippen LogP contribution in [0.2, 0.25) is 5.02 Å².